The molecule has 11 nitrogen and oxygen atoms in total. The molecule has 2 bridgehead atoms. The maximum atomic E-state index is 13.7. The summed E-state index contributed by atoms with van der Waals surface area (Å²) in [5, 5.41) is 10.8. The van der Waals surface area contributed by atoms with E-state index in [1.807, 2.05) is 13.8 Å². The van der Waals surface area contributed by atoms with E-state index in [1.165, 1.54) is 18.3 Å². The summed E-state index contributed by atoms with van der Waals surface area (Å²) in [5.74, 6) is -0.0515. The molecule has 41 heavy (non-hydrogen) atoms. The van der Waals surface area contributed by atoms with Gasteiger partial charge in [0.2, 0.25) is 5.88 Å². The second kappa shape index (κ2) is 10.4. The lowest BCUT2D eigenvalue weighted by molar-refractivity contribution is -0.141. The van der Waals surface area contributed by atoms with Crippen LogP contribution in [0.3, 0.4) is 0 Å². The zero-order valence-corrected chi connectivity index (χ0v) is 22.4. The van der Waals surface area contributed by atoms with Gasteiger partial charge in [-0.25, -0.2) is 14.8 Å². The Labute approximate surface area is 233 Å². The molecule has 2 fully saturated rings. The smallest absolute Gasteiger partial charge is 0.416 e. The topological polar surface area (TPSA) is 115 Å². The van der Waals surface area contributed by atoms with E-state index < -0.39 is 23.6 Å². The first-order chi connectivity index (χ1) is 19.6. The van der Waals surface area contributed by atoms with Crippen molar-refractivity contribution in [3.63, 3.8) is 0 Å². The summed E-state index contributed by atoms with van der Waals surface area (Å²) in [7, 11) is 0. The van der Waals surface area contributed by atoms with E-state index in [0.29, 0.717) is 30.3 Å². The van der Waals surface area contributed by atoms with Crippen molar-refractivity contribution in [1.29, 1.82) is 0 Å². The molecule has 0 aliphatic carbocycles. The third-order valence-electron chi connectivity index (χ3n) is 7.12. The van der Waals surface area contributed by atoms with Crippen molar-refractivity contribution < 1.29 is 32.2 Å². The largest absolute Gasteiger partial charge is 0.474 e. The van der Waals surface area contributed by atoms with Crippen LogP contribution in [0.1, 0.15) is 32.3 Å². The lowest BCUT2D eigenvalue weighted by atomic mass is 10.0. The van der Waals surface area contributed by atoms with Crippen molar-refractivity contribution in [2.24, 2.45) is 0 Å². The van der Waals surface area contributed by atoms with E-state index in [2.05, 4.69) is 30.4 Å². The fraction of sp³-hybridized carbons (Fsp3) is 0.444. The van der Waals surface area contributed by atoms with Crippen molar-refractivity contribution in [1.82, 2.24) is 20.2 Å². The first kappa shape index (κ1) is 27.1. The van der Waals surface area contributed by atoms with E-state index >= 15 is 0 Å². The van der Waals surface area contributed by atoms with Gasteiger partial charge in [0.15, 0.2) is 17.4 Å². The van der Waals surface area contributed by atoms with Gasteiger partial charge in [0.1, 0.15) is 12.7 Å². The van der Waals surface area contributed by atoms with E-state index in [1.54, 1.807) is 17.2 Å². The molecule has 0 spiro atoms. The van der Waals surface area contributed by atoms with E-state index in [4.69, 9.17) is 14.2 Å². The Morgan fingerprint density at radius 2 is 2.10 bits per heavy atom. The van der Waals surface area contributed by atoms with Gasteiger partial charge in [-0.05, 0) is 38.8 Å². The van der Waals surface area contributed by atoms with Crippen molar-refractivity contribution in [3.05, 3.63) is 48.3 Å². The third-order valence-corrected chi connectivity index (χ3v) is 7.12. The Morgan fingerprint density at radius 3 is 2.88 bits per heavy atom. The number of nitrogens with one attached hydrogen (secondary N) is 1. The van der Waals surface area contributed by atoms with Crippen LogP contribution >= 0.6 is 0 Å². The summed E-state index contributed by atoms with van der Waals surface area (Å²) in [6, 6.07) is 5.73. The van der Waals surface area contributed by atoms with Gasteiger partial charge in [-0.1, -0.05) is 12.1 Å². The van der Waals surface area contributed by atoms with Crippen LogP contribution in [0.5, 0.6) is 5.88 Å². The number of urea groups is 1. The molecule has 14 heteroatoms. The van der Waals surface area contributed by atoms with Gasteiger partial charge < -0.3 is 24.4 Å². The second-order valence-corrected chi connectivity index (χ2v) is 10.6. The predicted octanol–water partition coefficient (Wildman–Crippen LogP) is 4.50. The summed E-state index contributed by atoms with van der Waals surface area (Å²) in [6.45, 7) is 5.58. The zero-order chi connectivity index (χ0) is 28.8. The summed E-state index contributed by atoms with van der Waals surface area (Å²) in [5.41, 5.74) is 0.403. The number of rotatable bonds is 5. The number of hydrogen-bond acceptors (Lipinski definition) is 9. The second-order valence-electron chi connectivity index (χ2n) is 10.6. The number of benzene rings is 1. The standard InChI is InChI=1S/C27H28F3N7O4/c1-26(2)40-15-20(41-26)14-39-22-10-18(11-32-35-22)33-25(38)37-19-7-4-8-36(13-19)21-12-31-23(34-24(21)37)16-5-3-6-17(9-16)27(28,29)30/h3,5-6,9-12,19-20H,4,7-8,13-15H2,1-2H3,(H,33,35,38)/t19?,20-/m1/s1. The Morgan fingerprint density at radius 1 is 1.24 bits per heavy atom. The highest BCUT2D eigenvalue weighted by atomic mass is 19.4. The average molecular weight is 572 g/mol. The number of alkyl halides is 3. The third kappa shape index (κ3) is 5.75. The summed E-state index contributed by atoms with van der Waals surface area (Å²) in [4.78, 5) is 26.3. The van der Waals surface area contributed by atoms with Gasteiger partial charge in [-0.3, -0.25) is 4.90 Å². The number of piperidine rings is 1. The van der Waals surface area contributed by atoms with Crippen molar-refractivity contribution in [2.75, 3.05) is 41.4 Å². The number of halogens is 3. The maximum Gasteiger partial charge on any atom is 0.416 e. The fourth-order valence-corrected chi connectivity index (χ4v) is 5.25. The lowest BCUT2D eigenvalue weighted by Gasteiger charge is -2.45. The van der Waals surface area contributed by atoms with Gasteiger partial charge in [0.05, 0.1) is 42.0 Å². The van der Waals surface area contributed by atoms with E-state index in [0.717, 1.165) is 31.5 Å². The molecule has 1 aromatic carbocycles. The normalized spacial score (nSPS) is 21.4. The molecule has 5 heterocycles. The molecule has 3 aliphatic heterocycles. The van der Waals surface area contributed by atoms with Gasteiger partial charge in [0.25, 0.3) is 0 Å². The molecule has 1 N–H and O–H groups in total. The zero-order valence-electron chi connectivity index (χ0n) is 22.4. The number of amides is 2. The molecule has 6 rings (SSSR count). The van der Waals surface area contributed by atoms with Gasteiger partial charge >= 0.3 is 12.2 Å². The highest BCUT2D eigenvalue weighted by Gasteiger charge is 2.39. The number of aromatic nitrogens is 4. The summed E-state index contributed by atoms with van der Waals surface area (Å²) >= 11 is 0. The van der Waals surface area contributed by atoms with Crippen LogP contribution in [0, 0.1) is 0 Å². The lowest BCUT2D eigenvalue weighted by Crippen LogP contribution is -2.56. The Hall–Kier alpha value is -4.04. The Bertz CT molecular complexity index is 1450. The highest BCUT2D eigenvalue weighted by molar-refractivity contribution is 6.04. The number of anilines is 3. The van der Waals surface area contributed by atoms with Crippen LogP contribution in [0.2, 0.25) is 0 Å². The monoisotopic (exact) mass is 571 g/mol. The molecule has 2 saturated heterocycles. The number of carbonyl (C=O) groups is 1. The van der Waals surface area contributed by atoms with Crippen LogP contribution in [-0.2, 0) is 15.7 Å². The van der Waals surface area contributed by atoms with E-state index in [-0.39, 0.29) is 36.0 Å². The van der Waals surface area contributed by atoms with Gasteiger partial charge in [0, 0.05) is 24.7 Å². The summed E-state index contributed by atoms with van der Waals surface area (Å²) < 4.78 is 57.0. The molecular formula is C27H28F3N7O4. The Balaban J connectivity index is 1.24. The molecule has 2 amide bonds. The van der Waals surface area contributed by atoms with Gasteiger partial charge in [-0.15, -0.1) is 5.10 Å². The fourth-order valence-electron chi connectivity index (χ4n) is 5.25. The molecule has 216 valence electrons. The molecule has 0 saturated carbocycles. The quantitative estimate of drug-likeness (QED) is 0.473. The SMILES string of the molecule is CC1(C)OC[C@@H](COc2cc(NC(=O)N3c4nc(-c5cccc(C(F)(F)F)c5)ncc4N4CCCC3C4)cnn2)O1. The highest BCUT2D eigenvalue weighted by Crippen LogP contribution is 2.39. The van der Waals surface area contributed by atoms with Crippen LogP contribution < -0.4 is 19.9 Å². The molecular weight excluding hydrogens is 543 g/mol. The number of hydrogen-bond donors (Lipinski definition) is 1. The molecule has 0 radical (unpaired) electrons. The molecule has 2 atom stereocenters. The maximum absolute atomic E-state index is 13.7. The minimum Gasteiger partial charge on any atom is -0.474 e. The first-order valence-electron chi connectivity index (χ1n) is 13.2. The Kier molecular flexibility index (Phi) is 6.90. The van der Waals surface area contributed by atoms with Crippen LogP contribution in [0.4, 0.5) is 35.2 Å². The average Bonchev–Trinajstić information content (AvgIpc) is 3.30. The van der Waals surface area contributed by atoms with Crippen LogP contribution in [-0.4, -0.2) is 70.4 Å². The number of ether oxygens (including phenoxy) is 3. The van der Waals surface area contributed by atoms with Crippen molar-refractivity contribution in [2.45, 2.75) is 50.8 Å². The van der Waals surface area contributed by atoms with E-state index in [9.17, 15) is 18.0 Å². The molecule has 2 aromatic heterocycles. The number of fused-ring (bicyclic) bond motifs is 4. The number of carbonyl (C=O) groups excluding carboxylic acids is 1. The van der Waals surface area contributed by atoms with Gasteiger partial charge in [-0.2, -0.15) is 18.3 Å². The van der Waals surface area contributed by atoms with Crippen LogP contribution in [0.15, 0.2) is 42.7 Å². The van der Waals surface area contributed by atoms with Crippen molar-refractivity contribution in [3.8, 4) is 17.3 Å². The molecule has 3 aliphatic rings. The van der Waals surface area contributed by atoms with Crippen LogP contribution in [0.25, 0.3) is 11.4 Å². The molecule has 1 unspecified atom stereocenters. The van der Waals surface area contributed by atoms with Crippen molar-refractivity contribution >= 4 is 23.2 Å². The minimum atomic E-state index is -4.51. The predicted molar refractivity (Wildman–Crippen MR) is 142 cm³/mol. The minimum absolute atomic E-state index is 0.0939. The number of nitrogens with zero attached hydrogens (tertiary/aromatic N) is 6. The first-order valence-corrected chi connectivity index (χ1v) is 13.2. The summed E-state index contributed by atoms with van der Waals surface area (Å²) in [6.07, 6.45) is -0.203. The molecule has 3 aromatic rings.